The summed E-state index contributed by atoms with van der Waals surface area (Å²) >= 11 is 5.96. The zero-order valence-corrected chi connectivity index (χ0v) is 19.0. The maximum atomic E-state index is 13.6. The lowest BCUT2D eigenvalue weighted by molar-refractivity contribution is -0.383. The standard InChI is InChI=1S/C26H18ClN3O4/c1-14-6-11-21(15(2)12-14)29-25(31)19-5-3-4-18-23(19)20(26(29)32)13-22(30(33)34)24(18)28-17-9-7-16(27)8-10-17/h3-13,28H,1-2H3. The molecule has 1 aliphatic heterocycles. The number of nitro benzene ring substituents is 1. The Morgan fingerprint density at radius 3 is 2.29 bits per heavy atom. The summed E-state index contributed by atoms with van der Waals surface area (Å²) in [5.41, 5.74) is 3.14. The molecule has 168 valence electrons. The molecule has 8 heteroatoms. The smallest absolute Gasteiger partial charge is 0.294 e. The Labute approximate surface area is 199 Å². The number of aryl methyl sites for hydroxylation is 2. The van der Waals surface area contributed by atoms with E-state index in [1.807, 2.05) is 26.0 Å². The van der Waals surface area contributed by atoms with Crippen LogP contribution in [0.2, 0.25) is 5.02 Å². The number of carbonyl (C=O) groups is 2. The molecule has 0 saturated heterocycles. The number of anilines is 3. The molecule has 0 bridgehead atoms. The Bertz CT molecular complexity index is 1530. The fourth-order valence-electron chi connectivity index (χ4n) is 4.38. The van der Waals surface area contributed by atoms with Crippen LogP contribution in [0.4, 0.5) is 22.7 Å². The minimum atomic E-state index is -0.596. The lowest BCUT2D eigenvalue weighted by Gasteiger charge is -2.29. The molecule has 0 unspecified atom stereocenters. The van der Waals surface area contributed by atoms with Gasteiger partial charge in [-0.2, -0.15) is 0 Å². The Kier molecular flexibility index (Phi) is 5.06. The molecule has 2 amide bonds. The maximum absolute atomic E-state index is 13.6. The third-order valence-electron chi connectivity index (χ3n) is 5.91. The third-order valence-corrected chi connectivity index (χ3v) is 6.16. The highest BCUT2D eigenvalue weighted by molar-refractivity contribution is 6.37. The predicted molar refractivity (Wildman–Crippen MR) is 132 cm³/mol. The topological polar surface area (TPSA) is 92.6 Å². The van der Waals surface area contributed by atoms with Crippen molar-refractivity contribution in [2.75, 3.05) is 10.2 Å². The number of halogens is 1. The van der Waals surface area contributed by atoms with E-state index in [0.717, 1.165) is 16.0 Å². The molecular formula is C26H18ClN3O4. The van der Waals surface area contributed by atoms with Crippen LogP contribution < -0.4 is 10.2 Å². The SMILES string of the molecule is Cc1ccc(N2C(=O)c3cccc4c(Nc5ccc(Cl)cc5)c([N+](=O)[O-])cc(c34)C2=O)c(C)c1. The summed E-state index contributed by atoms with van der Waals surface area (Å²) in [5, 5.41) is 16.5. The molecule has 0 atom stereocenters. The Morgan fingerprint density at radius 2 is 1.62 bits per heavy atom. The summed E-state index contributed by atoms with van der Waals surface area (Å²) < 4.78 is 0. The van der Waals surface area contributed by atoms with Crippen LogP contribution in [0.1, 0.15) is 31.8 Å². The van der Waals surface area contributed by atoms with Crippen molar-refractivity contribution in [3.05, 3.63) is 104 Å². The van der Waals surface area contributed by atoms with E-state index in [0.29, 0.717) is 32.7 Å². The van der Waals surface area contributed by atoms with Crippen molar-refractivity contribution in [2.45, 2.75) is 13.8 Å². The maximum Gasteiger partial charge on any atom is 0.294 e. The molecule has 0 aliphatic carbocycles. The van der Waals surface area contributed by atoms with Gasteiger partial charge in [0.1, 0.15) is 5.69 Å². The number of benzene rings is 4. The first-order valence-electron chi connectivity index (χ1n) is 10.5. The van der Waals surface area contributed by atoms with Crippen LogP contribution in [0, 0.1) is 24.0 Å². The molecule has 7 nitrogen and oxygen atoms in total. The molecule has 4 aromatic carbocycles. The van der Waals surface area contributed by atoms with Gasteiger partial charge in [-0.05, 0) is 55.8 Å². The van der Waals surface area contributed by atoms with Crippen LogP contribution in [0.25, 0.3) is 10.8 Å². The van der Waals surface area contributed by atoms with Gasteiger partial charge in [0.05, 0.1) is 16.2 Å². The van der Waals surface area contributed by atoms with Gasteiger partial charge in [0, 0.05) is 33.1 Å². The first-order valence-corrected chi connectivity index (χ1v) is 10.9. The van der Waals surface area contributed by atoms with E-state index in [4.69, 9.17) is 11.6 Å². The van der Waals surface area contributed by atoms with Crippen molar-refractivity contribution in [3.63, 3.8) is 0 Å². The lowest BCUT2D eigenvalue weighted by Crippen LogP contribution is -2.41. The van der Waals surface area contributed by atoms with Crippen LogP contribution >= 0.6 is 11.6 Å². The van der Waals surface area contributed by atoms with E-state index in [1.54, 1.807) is 48.5 Å². The number of imide groups is 1. The van der Waals surface area contributed by atoms with Crippen molar-refractivity contribution >= 4 is 56.9 Å². The summed E-state index contributed by atoms with van der Waals surface area (Å²) in [6, 6.07) is 18.3. The molecule has 1 aliphatic rings. The van der Waals surface area contributed by atoms with Gasteiger partial charge in [-0.15, -0.1) is 0 Å². The zero-order chi connectivity index (χ0) is 24.1. The predicted octanol–water partition coefficient (Wildman–Crippen LogP) is 6.56. The van der Waals surface area contributed by atoms with Crippen molar-refractivity contribution < 1.29 is 14.5 Å². The molecule has 1 N–H and O–H groups in total. The van der Waals surface area contributed by atoms with Crippen LogP contribution in [-0.4, -0.2) is 16.7 Å². The summed E-state index contributed by atoms with van der Waals surface area (Å²) in [5.74, 6) is -1.07. The fraction of sp³-hybridized carbons (Fsp3) is 0.0769. The minimum Gasteiger partial charge on any atom is -0.349 e. The molecule has 4 aromatic rings. The van der Waals surface area contributed by atoms with Gasteiger partial charge in [-0.1, -0.05) is 41.4 Å². The first-order chi connectivity index (χ1) is 16.3. The fourth-order valence-corrected chi connectivity index (χ4v) is 4.50. The Morgan fingerprint density at radius 1 is 0.912 bits per heavy atom. The van der Waals surface area contributed by atoms with Gasteiger partial charge < -0.3 is 5.32 Å². The van der Waals surface area contributed by atoms with Gasteiger partial charge in [-0.25, -0.2) is 4.90 Å². The largest absolute Gasteiger partial charge is 0.349 e. The van der Waals surface area contributed by atoms with E-state index in [-0.39, 0.29) is 16.9 Å². The van der Waals surface area contributed by atoms with E-state index in [2.05, 4.69) is 5.32 Å². The van der Waals surface area contributed by atoms with Crippen molar-refractivity contribution in [3.8, 4) is 0 Å². The van der Waals surface area contributed by atoms with Gasteiger partial charge >= 0.3 is 0 Å². The third kappa shape index (κ3) is 3.38. The number of nitrogens with one attached hydrogen (secondary N) is 1. The van der Waals surface area contributed by atoms with Gasteiger partial charge in [0.2, 0.25) is 0 Å². The summed E-state index contributed by atoms with van der Waals surface area (Å²) in [6.07, 6.45) is 0. The van der Waals surface area contributed by atoms with Crippen LogP contribution in [0.3, 0.4) is 0 Å². The van der Waals surface area contributed by atoms with Gasteiger partial charge in [0.15, 0.2) is 0 Å². The van der Waals surface area contributed by atoms with Crippen LogP contribution in [0.5, 0.6) is 0 Å². The summed E-state index contributed by atoms with van der Waals surface area (Å²) in [7, 11) is 0. The van der Waals surface area contributed by atoms with Crippen molar-refractivity contribution in [1.82, 2.24) is 0 Å². The van der Waals surface area contributed by atoms with E-state index < -0.39 is 16.7 Å². The van der Waals surface area contributed by atoms with E-state index >= 15 is 0 Å². The van der Waals surface area contributed by atoms with Crippen LogP contribution in [-0.2, 0) is 0 Å². The second-order valence-electron chi connectivity index (χ2n) is 8.17. The Balaban J connectivity index is 1.75. The second-order valence-corrected chi connectivity index (χ2v) is 8.61. The lowest BCUT2D eigenvalue weighted by atomic mass is 9.91. The molecule has 0 aromatic heterocycles. The number of nitrogens with zero attached hydrogens (tertiary/aromatic N) is 2. The highest BCUT2D eigenvalue weighted by Gasteiger charge is 2.37. The van der Waals surface area contributed by atoms with Crippen molar-refractivity contribution in [2.24, 2.45) is 0 Å². The number of nitro groups is 1. The second kappa shape index (κ2) is 7.97. The molecule has 0 radical (unpaired) electrons. The highest BCUT2D eigenvalue weighted by atomic mass is 35.5. The molecule has 0 saturated carbocycles. The number of rotatable bonds is 4. The van der Waals surface area contributed by atoms with Gasteiger partial charge in [0.25, 0.3) is 17.5 Å². The zero-order valence-electron chi connectivity index (χ0n) is 18.3. The Hall–Kier alpha value is -4.23. The van der Waals surface area contributed by atoms with E-state index in [1.165, 1.54) is 6.07 Å². The average Bonchev–Trinajstić information content (AvgIpc) is 2.80. The molecule has 0 spiro atoms. The molecule has 0 fully saturated rings. The molecule has 5 rings (SSSR count). The van der Waals surface area contributed by atoms with E-state index in [9.17, 15) is 19.7 Å². The van der Waals surface area contributed by atoms with Crippen molar-refractivity contribution in [1.29, 1.82) is 0 Å². The quantitative estimate of drug-likeness (QED) is 0.206. The minimum absolute atomic E-state index is 0.110. The normalized spacial score (nSPS) is 12.9. The summed E-state index contributed by atoms with van der Waals surface area (Å²) in [4.78, 5) is 39.7. The number of hydrogen-bond acceptors (Lipinski definition) is 5. The first kappa shape index (κ1) is 21.6. The van der Waals surface area contributed by atoms with Gasteiger partial charge in [-0.3, -0.25) is 19.7 Å². The average molecular weight is 472 g/mol. The monoisotopic (exact) mass is 471 g/mol. The highest BCUT2D eigenvalue weighted by Crippen LogP contribution is 2.42. The number of hydrogen-bond donors (Lipinski definition) is 1. The molecule has 1 heterocycles. The number of amides is 2. The number of carbonyl (C=O) groups excluding carboxylic acids is 2. The van der Waals surface area contributed by atoms with Crippen LogP contribution in [0.15, 0.2) is 66.7 Å². The molecule has 34 heavy (non-hydrogen) atoms. The molecular weight excluding hydrogens is 454 g/mol. The summed E-state index contributed by atoms with van der Waals surface area (Å²) in [6.45, 7) is 3.74.